The predicted molar refractivity (Wildman–Crippen MR) is 168 cm³/mol. The molecule has 0 bridgehead atoms. The summed E-state index contributed by atoms with van der Waals surface area (Å²) in [6.45, 7) is 5.76. The van der Waals surface area contributed by atoms with E-state index in [0.29, 0.717) is 36.8 Å². The molecule has 0 unspecified atom stereocenters. The molecule has 0 fully saturated rings. The number of hydrogen-bond donors (Lipinski definition) is 1. The van der Waals surface area contributed by atoms with Crippen molar-refractivity contribution < 1.29 is 37.0 Å². The second kappa shape index (κ2) is 15.9. The molecule has 0 spiro atoms. The molecule has 0 aliphatic heterocycles. The zero-order valence-corrected chi connectivity index (χ0v) is 26.8. The van der Waals surface area contributed by atoms with E-state index in [-0.39, 0.29) is 28.8 Å². The summed E-state index contributed by atoms with van der Waals surface area (Å²) in [4.78, 5) is 28.6. The van der Waals surface area contributed by atoms with E-state index in [2.05, 4.69) is 5.32 Å². The lowest BCUT2D eigenvalue weighted by Gasteiger charge is -2.33. The molecule has 11 nitrogen and oxygen atoms in total. The van der Waals surface area contributed by atoms with Gasteiger partial charge in [-0.15, -0.1) is 0 Å². The number of nitrogens with zero attached hydrogens (tertiary/aromatic N) is 2. The van der Waals surface area contributed by atoms with E-state index < -0.39 is 28.5 Å². The van der Waals surface area contributed by atoms with Crippen molar-refractivity contribution >= 4 is 27.5 Å². The Balaban J connectivity index is 2.10. The van der Waals surface area contributed by atoms with Crippen LogP contribution >= 0.6 is 0 Å². The van der Waals surface area contributed by atoms with Crippen LogP contribution in [0.3, 0.4) is 0 Å². The maximum atomic E-state index is 14.2. The summed E-state index contributed by atoms with van der Waals surface area (Å²) in [5, 5.41) is 2.79. The maximum Gasteiger partial charge on any atom is 0.264 e. The predicted octanol–water partition coefficient (Wildman–Crippen LogP) is 4.25. The van der Waals surface area contributed by atoms with Crippen LogP contribution in [0.5, 0.6) is 23.0 Å². The van der Waals surface area contributed by atoms with E-state index >= 15 is 0 Å². The highest BCUT2D eigenvalue weighted by molar-refractivity contribution is 7.92. The van der Waals surface area contributed by atoms with Crippen LogP contribution < -0.4 is 28.6 Å². The van der Waals surface area contributed by atoms with Gasteiger partial charge in [-0.3, -0.25) is 13.9 Å². The highest BCUT2D eigenvalue weighted by atomic mass is 32.2. The van der Waals surface area contributed by atoms with E-state index in [9.17, 15) is 18.0 Å². The highest BCUT2D eigenvalue weighted by Crippen LogP contribution is 2.33. The Labute approximate surface area is 259 Å². The van der Waals surface area contributed by atoms with Gasteiger partial charge in [0.25, 0.3) is 10.0 Å². The first kappa shape index (κ1) is 34.0. The zero-order valence-electron chi connectivity index (χ0n) is 26.0. The van der Waals surface area contributed by atoms with Crippen LogP contribution in [0.1, 0.15) is 32.8 Å². The number of anilines is 1. The number of benzene rings is 3. The topological polar surface area (TPSA) is 124 Å². The van der Waals surface area contributed by atoms with Gasteiger partial charge in [-0.2, -0.15) is 0 Å². The van der Waals surface area contributed by atoms with Crippen molar-refractivity contribution in [3.63, 3.8) is 0 Å². The molecule has 1 N–H and O–H groups in total. The summed E-state index contributed by atoms with van der Waals surface area (Å²) < 4.78 is 50.9. The third kappa shape index (κ3) is 8.13. The number of sulfonamides is 1. The molecule has 238 valence electrons. The number of amides is 2. The normalized spacial score (nSPS) is 11.7. The highest BCUT2D eigenvalue weighted by Gasteiger charge is 2.34. The van der Waals surface area contributed by atoms with Gasteiger partial charge in [-0.1, -0.05) is 19.1 Å². The first-order valence-corrected chi connectivity index (χ1v) is 15.7. The lowest BCUT2D eigenvalue weighted by Crippen LogP contribution is -2.52. The molecule has 0 saturated heterocycles. The average Bonchev–Trinajstić information content (AvgIpc) is 3.04. The molecule has 44 heavy (non-hydrogen) atoms. The SMILES string of the molecule is CCNC(=O)[C@@H](CC)N(Cc1ccc(OC)cc1)C(=O)CN(c1ccc(OCC)cc1)S(=O)(=O)c1ccc(OC)c(OC)c1. The monoisotopic (exact) mass is 627 g/mol. The van der Waals surface area contributed by atoms with Crippen molar-refractivity contribution in [1.29, 1.82) is 0 Å². The minimum atomic E-state index is -4.32. The Bertz CT molecular complexity index is 1490. The van der Waals surface area contributed by atoms with Gasteiger partial charge in [0, 0.05) is 19.2 Å². The number of carbonyl (C=O) groups excluding carboxylic acids is 2. The first-order valence-electron chi connectivity index (χ1n) is 14.3. The van der Waals surface area contributed by atoms with Crippen molar-refractivity contribution in [2.75, 3.05) is 45.3 Å². The first-order chi connectivity index (χ1) is 21.1. The second-order valence-corrected chi connectivity index (χ2v) is 11.5. The fourth-order valence-corrected chi connectivity index (χ4v) is 6.08. The fraction of sp³-hybridized carbons (Fsp3) is 0.375. The summed E-state index contributed by atoms with van der Waals surface area (Å²) in [6, 6.07) is 16.9. The summed E-state index contributed by atoms with van der Waals surface area (Å²) in [5.74, 6) is 0.882. The number of ether oxygens (including phenoxy) is 4. The van der Waals surface area contributed by atoms with Crippen molar-refractivity contribution in [3.8, 4) is 23.0 Å². The standard InChI is InChI=1S/C32H41N3O8S/c1-7-28(32(37)33-8-2)34(21-23-10-14-25(40-4)15-11-23)31(36)22-35(24-12-16-26(17-13-24)43-9-3)44(38,39)27-18-19-29(41-5)30(20-27)42-6/h10-20,28H,7-9,21-22H2,1-6H3,(H,33,37)/t28-/m1/s1. The Morgan fingerprint density at radius 2 is 1.45 bits per heavy atom. The number of carbonyl (C=O) groups is 2. The van der Waals surface area contributed by atoms with Crippen LogP contribution in [0.4, 0.5) is 5.69 Å². The maximum absolute atomic E-state index is 14.2. The van der Waals surface area contributed by atoms with Gasteiger partial charge in [-0.25, -0.2) is 8.42 Å². The molecule has 3 aromatic rings. The van der Waals surface area contributed by atoms with Crippen LogP contribution in [-0.2, 0) is 26.2 Å². The van der Waals surface area contributed by atoms with Crippen molar-refractivity contribution in [2.45, 2.75) is 44.7 Å². The molecule has 0 aromatic heterocycles. The summed E-state index contributed by atoms with van der Waals surface area (Å²) >= 11 is 0. The second-order valence-electron chi connectivity index (χ2n) is 9.64. The lowest BCUT2D eigenvalue weighted by molar-refractivity contribution is -0.140. The Hall–Kier alpha value is -4.45. The van der Waals surface area contributed by atoms with Crippen molar-refractivity contribution in [3.05, 3.63) is 72.3 Å². The molecule has 3 aromatic carbocycles. The molecule has 0 aliphatic rings. The van der Waals surface area contributed by atoms with E-state index in [1.54, 1.807) is 69.5 Å². The number of rotatable bonds is 16. The van der Waals surface area contributed by atoms with Crippen molar-refractivity contribution in [1.82, 2.24) is 10.2 Å². The van der Waals surface area contributed by atoms with Crippen LogP contribution in [0.25, 0.3) is 0 Å². The Morgan fingerprint density at radius 1 is 0.818 bits per heavy atom. The van der Waals surface area contributed by atoms with E-state index in [4.69, 9.17) is 18.9 Å². The third-order valence-corrected chi connectivity index (χ3v) is 8.68. The van der Waals surface area contributed by atoms with Crippen LogP contribution in [0, 0.1) is 0 Å². The average molecular weight is 628 g/mol. The molecule has 1 atom stereocenters. The largest absolute Gasteiger partial charge is 0.497 e. The van der Waals surface area contributed by atoms with Gasteiger partial charge in [0.15, 0.2) is 11.5 Å². The Kier molecular flexibility index (Phi) is 12.3. The van der Waals surface area contributed by atoms with Crippen LogP contribution in [0.2, 0.25) is 0 Å². The molecular weight excluding hydrogens is 586 g/mol. The molecule has 0 saturated carbocycles. The molecular formula is C32H41N3O8S. The number of methoxy groups -OCH3 is 3. The molecule has 2 amide bonds. The van der Waals surface area contributed by atoms with Gasteiger partial charge in [0.05, 0.1) is 38.5 Å². The van der Waals surface area contributed by atoms with E-state index in [1.807, 2.05) is 6.92 Å². The van der Waals surface area contributed by atoms with Crippen LogP contribution in [-0.4, -0.2) is 72.2 Å². The molecule has 0 radical (unpaired) electrons. The van der Waals surface area contributed by atoms with E-state index in [1.165, 1.54) is 37.3 Å². The summed E-state index contributed by atoms with van der Waals surface area (Å²) in [5.41, 5.74) is 0.990. The van der Waals surface area contributed by atoms with Crippen molar-refractivity contribution in [2.24, 2.45) is 0 Å². The number of hydrogen-bond acceptors (Lipinski definition) is 8. The van der Waals surface area contributed by atoms with Gasteiger partial charge < -0.3 is 29.2 Å². The minimum absolute atomic E-state index is 0.0754. The third-order valence-electron chi connectivity index (χ3n) is 6.91. The van der Waals surface area contributed by atoms with Crippen LogP contribution in [0.15, 0.2) is 71.6 Å². The molecule has 0 aliphatic carbocycles. The van der Waals surface area contributed by atoms with Gasteiger partial charge >= 0.3 is 0 Å². The molecule has 3 rings (SSSR count). The number of nitrogens with one attached hydrogen (secondary N) is 1. The Morgan fingerprint density at radius 3 is 2.00 bits per heavy atom. The zero-order chi connectivity index (χ0) is 32.3. The van der Waals surface area contributed by atoms with Gasteiger partial charge in [0.1, 0.15) is 24.1 Å². The lowest BCUT2D eigenvalue weighted by atomic mass is 10.1. The fourth-order valence-electron chi connectivity index (χ4n) is 4.65. The quantitative estimate of drug-likeness (QED) is 0.250. The minimum Gasteiger partial charge on any atom is -0.497 e. The number of likely N-dealkylation sites (N-methyl/N-ethyl adjacent to an activating group) is 1. The summed E-state index contributed by atoms with van der Waals surface area (Å²) in [7, 11) is 0.0987. The van der Waals surface area contributed by atoms with Gasteiger partial charge in [-0.05, 0) is 74.4 Å². The van der Waals surface area contributed by atoms with E-state index in [0.717, 1.165) is 9.87 Å². The molecule has 0 heterocycles. The smallest absolute Gasteiger partial charge is 0.264 e. The molecule has 12 heteroatoms. The van der Waals surface area contributed by atoms with Gasteiger partial charge in [0.2, 0.25) is 11.8 Å². The summed E-state index contributed by atoms with van der Waals surface area (Å²) in [6.07, 6.45) is 0.319.